The van der Waals surface area contributed by atoms with Crippen molar-refractivity contribution in [2.24, 2.45) is 0 Å². The van der Waals surface area contributed by atoms with Gasteiger partial charge in [-0.25, -0.2) is 0 Å². The quantitative estimate of drug-likeness (QED) is 0.0823. The fourth-order valence-corrected chi connectivity index (χ4v) is 7.63. The van der Waals surface area contributed by atoms with E-state index in [2.05, 4.69) is 19.2 Å². The van der Waals surface area contributed by atoms with E-state index in [1.54, 1.807) is 24.3 Å². The first kappa shape index (κ1) is 34.1. The molecule has 0 fully saturated rings. The Balaban J connectivity index is 1.40. The maximum atomic E-state index is 13.7. The van der Waals surface area contributed by atoms with E-state index < -0.39 is 35.9 Å². The molecule has 0 saturated carbocycles. The third-order valence-electron chi connectivity index (χ3n) is 7.70. The molecule has 0 atom stereocenters. The zero-order chi connectivity index (χ0) is 33.4. The summed E-state index contributed by atoms with van der Waals surface area (Å²) in [4.78, 5) is 11.9. The van der Waals surface area contributed by atoms with Crippen LogP contribution >= 0.6 is 0 Å². The highest BCUT2D eigenvalue weighted by molar-refractivity contribution is 7.88. The number of rotatable bonds is 18. The zero-order valence-electron chi connectivity index (χ0n) is 26.5. The van der Waals surface area contributed by atoms with Gasteiger partial charge in [-0.05, 0) is 73.5 Å². The summed E-state index contributed by atoms with van der Waals surface area (Å²) in [5, 5.41) is 2.84. The second-order valence-electron chi connectivity index (χ2n) is 11.3. The number of carbonyl (C=O) groups is 1. The Morgan fingerprint density at radius 2 is 1.09 bits per heavy atom. The number of unbranched alkanes of at least 4 members (excludes halogenated alkanes) is 6. The maximum absolute atomic E-state index is 13.7. The molecule has 4 aromatic carbocycles. The predicted molar refractivity (Wildman–Crippen MR) is 180 cm³/mol. The van der Waals surface area contributed by atoms with Gasteiger partial charge in [0.15, 0.2) is 0 Å². The van der Waals surface area contributed by atoms with Crippen LogP contribution in [0.1, 0.15) is 75.6 Å². The molecule has 1 aliphatic rings. The van der Waals surface area contributed by atoms with Gasteiger partial charge >= 0.3 is 20.2 Å². The SMILES string of the molecule is CCCCCCOc1ccc(OS(=O)(=O)c2cc(S(=O)(=O)Oc3ccc(OCCCCCC)cc3)c3cccc4c3c2NC4=O)cc1. The highest BCUT2D eigenvalue weighted by atomic mass is 32.2. The van der Waals surface area contributed by atoms with Crippen molar-refractivity contribution >= 4 is 42.6 Å². The first-order valence-electron chi connectivity index (χ1n) is 15.9. The lowest BCUT2D eigenvalue weighted by Gasteiger charge is -2.15. The first-order chi connectivity index (χ1) is 22.6. The lowest BCUT2D eigenvalue weighted by Crippen LogP contribution is -2.16. The van der Waals surface area contributed by atoms with Crippen LogP contribution in [0.4, 0.5) is 5.69 Å². The number of benzene rings is 4. The van der Waals surface area contributed by atoms with Gasteiger partial charge in [0.2, 0.25) is 0 Å². The van der Waals surface area contributed by atoms with Crippen molar-refractivity contribution in [3.63, 3.8) is 0 Å². The fourth-order valence-electron chi connectivity index (χ4n) is 5.28. The van der Waals surface area contributed by atoms with Gasteiger partial charge in [-0.3, -0.25) is 4.79 Å². The van der Waals surface area contributed by atoms with Gasteiger partial charge in [-0.2, -0.15) is 16.8 Å². The molecule has 0 unspecified atom stereocenters. The molecule has 1 N–H and O–H groups in total. The molecule has 12 heteroatoms. The summed E-state index contributed by atoms with van der Waals surface area (Å²) in [7, 11) is -9.24. The summed E-state index contributed by atoms with van der Waals surface area (Å²) < 4.78 is 77.1. The van der Waals surface area contributed by atoms with Crippen LogP contribution in [0.3, 0.4) is 0 Å². The highest BCUT2D eigenvalue weighted by Gasteiger charge is 2.35. The molecule has 0 spiro atoms. The van der Waals surface area contributed by atoms with Crippen molar-refractivity contribution < 1.29 is 39.5 Å². The van der Waals surface area contributed by atoms with Crippen molar-refractivity contribution in [1.29, 1.82) is 0 Å². The molecule has 47 heavy (non-hydrogen) atoms. The maximum Gasteiger partial charge on any atom is 0.341 e. The molecule has 0 saturated heterocycles. The Kier molecular flexibility index (Phi) is 10.9. The van der Waals surface area contributed by atoms with Gasteiger partial charge in [-0.1, -0.05) is 64.5 Å². The van der Waals surface area contributed by atoms with Crippen LogP contribution in [0.25, 0.3) is 10.8 Å². The molecule has 0 aromatic heterocycles. The molecule has 1 heterocycles. The Labute approximate surface area is 276 Å². The van der Waals surface area contributed by atoms with E-state index in [0.29, 0.717) is 24.7 Å². The van der Waals surface area contributed by atoms with E-state index in [0.717, 1.165) is 57.4 Å². The number of anilines is 1. The monoisotopic (exact) mass is 681 g/mol. The number of hydrogen-bond acceptors (Lipinski definition) is 9. The minimum atomic E-state index is -4.65. The van der Waals surface area contributed by atoms with Gasteiger partial charge < -0.3 is 23.2 Å². The van der Waals surface area contributed by atoms with Crippen LogP contribution in [0.2, 0.25) is 0 Å². The minimum Gasteiger partial charge on any atom is -0.494 e. The second-order valence-corrected chi connectivity index (χ2v) is 14.3. The van der Waals surface area contributed by atoms with Crippen LogP contribution in [-0.4, -0.2) is 36.0 Å². The third-order valence-corrected chi connectivity index (χ3v) is 10.3. The number of ether oxygens (including phenoxy) is 2. The Morgan fingerprint density at radius 1 is 0.596 bits per heavy atom. The largest absolute Gasteiger partial charge is 0.494 e. The third kappa shape index (κ3) is 8.17. The standard InChI is InChI=1S/C35H39NO9S2/c1-3-5-7-9-22-42-25-14-18-27(19-15-25)44-46(38,39)31-24-32(34-33-29(31)12-11-13-30(33)35(37)36-34)47(40,41)45-28-20-16-26(17-21-28)43-23-10-8-6-4-2/h11-21,24H,3-10,22-23H2,1-2H3,(H,36,37). The smallest absolute Gasteiger partial charge is 0.341 e. The Hall–Kier alpha value is -4.29. The average Bonchev–Trinajstić information content (AvgIpc) is 3.39. The summed E-state index contributed by atoms with van der Waals surface area (Å²) in [5.41, 5.74) is 0.0684. The van der Waals surface area contributed by atoms with E-state index in [9.17, 15) is 21.6 Å². The highest BCUT2D eigenvalue weighted by Crippen LogP contribution is 2.42. The van der Waals surface area contributed by atoms with Crippen molar-refractivity contribution in [3.8, 4) is 23.0 Å². The normalized spacial score (nSPS) is 12.6. The molecule has 0 radical (unpaired) electrons. The molecule has 1 amide bonds. The molecule has 5 rings (SSSR count). The molecule has 0 bridgehead atoms. The first-order valence-corrected chi connectivity index (χ1v) is 18.7. The van der Waals surface area contributed by atoms with Crippen molar-refractivity contribution in [3.05, 3.63) is 78.4 Å². The molecule has 0 aliphatic carbocycles. The van der Waals surface area contributed by atoms with Crippen LogP contribution in [0.5, 0.6) is 23.0 Å². The fraction of sp³-hybridized carbons (Fsp3) is 0.343. The summed E-state index contributed by atoms with van der Waals surface area (Å²) >= 11 is 0. The van der Waals surface area contributed by atoms with Crippen LogP contribution < -0.4 is 23.2 Å². The van der Waals surface area contributed by atoms with Crippen molar-refractivity contribution in [2.45, 2.75) is 75.0 Å². The number of amides is 1. The van der Waals surface area contributed by atoms with E-state index in [1.165, 1.54) is 42.5 Å². The predicted octanol–water partition coefficient (Wildman–Crippen LogP) is 7.86. The summed E-state index contributed by atoms with van der Waals surface area (Å²) in [6.07, 6.45) is 8.45. The van der Waals surface area contributed by atoms with E-state index >= 15 is 0 Å². The number of nitrogens with one attached hydrogen (secondary N) is 1. The summed E-state index contributed by atoms with van der Waals surface area (Å²) in [6, 6.07) is 17.7. The van der Waals surface area contributed by atoms with E-state index in [1.807, 2.05) is 0 Å². The zero-order valence-corrected chi connectivity index (χ0v) is 28.1. The number of hydrogen-bond donors (Lipinski definition) is 1. The Bertz CT molecular complexity index is 1920. The van der Waals surface area contributed by atoms with Crippen LogP contribution in [0, 0.1) is 0 Å². The lowest BCUT2D eigenvalue weighted by atomic mass is 10.1. The summed E-state index contributed by atoms with van der Waals surface area (Å²) in [5.74, 6) is 0.557. The molecule has 4 aromatic rings. The summed E-state index contributed by atoms with van der Waals surface area (Å²) in [6.45, 7) is 5.35. The number of carbonyl (C=O) groups excluding carboxylic acids is 1. The molecular formula is C35H39NO9S2. The van der Waals surface area contributed by atoms with Gasteiger partial charge in [0.1, 0.15) is 32.8 Å². The van der Waals surface area contributed by atoms with E-state index in [-0.39, 0.29) is 33.5 Å². The van der Waals surface area contributed by atoms with Crippen molar-refractivity contribution in [1.82, 2.24) is 0 Å². The second kappa shape index (κ2) is 15.1. The van der Waals surface area contributed by atoms with Gasteiger partial charge in [0.05, 0.1) is 18.9 Å². The van der Waals surface area contributed by atoms with Crippen molar-refractivity contribution in [2.75, 3.05) is 18.5 Å². The van der Waals surface area contributed by atoms with Crippen LogP contribution in [0.15, 0.2) is 82.6 Å². The molecule has 10 nitrogen and oxygen atoms in total. The molecular weight excluding hydrogens is 643 g/mol. The van der Waals surface area contributed by atoms with Crippen LogP contribution in [-0.2, 0) is 20.2 Å². The van der Waals surface area contributed by atoms with Gasteiger partial charge in [-0.15, -0.1) is 0 Å². The van der Waals surface area contributed by atoms with Gasteiger partial charge in [0, 0.05) is 16.3 Å². The van der Waals surface area contributed by atoms with Gasteiger partial charge in [0.25, 0.3) is 5.91 Å². The molecule has 250 valence electrons. The minimum absolute atomic E-state index is 0.00844. The average molecular weight is 682 g/mol. The topological polar surface area (TPSA) is 134 Å². The molecule has 1 aliphatic heterocycles. The Morgan fingerprint density at radius 3 is 1.60 bits per heavy atom. The lowest BCUT2D eigenvalue weighted by molar-refractivity contribution is 0.103. The van der Waals surface area contributed by atoms with E-state index in [4.69, 9.17) is 17.8 Å².